The van der Waals surface area contributed by atoms with Gasteiger partial charge in [0, 0.05) is 66.2 Å². The second-order valence-electron chi connectivity index (χ2n) is 9.39. The van der Waals surface area contributed by atoms with E-state index >= 15 is 0 Å². The number of pyridine rings is 1. The molecule has 12 heteroatoms. The fourth-order valence-corrected chi connectivity index (χ4v) is 4.36. The first kappa shape index (κ1) is 16.4. The quantitative estimate of drug-likeness (QED) is 0.356. The van der Waals surface area contributed by atoms with Crippen LogP contribution in [0.3, 0.4) is 0 Å². The Kier molecular flexibility index (Phi) is 4.19. The van der Waals surface area contributed by atoms with Gasteiger partial charge in [-0.1, -0.05) is 6.07 Å². The molecule has 40 heavy (non-hydrogen) atoms. The number of alkyl halides is 3. The summed E-state index contributed by atoms with van der Waals surface area (Å²) in [5.74, 6) is -1.04. The number of rotatable bonds is 6. The normalized spacial score (nSPS) is 21.0. The molecule has 1 aromatic carbocycles. The van der Waals surface area contributed by atoms with Crippen LogP contribution >= 0.6 is 0 Å². The molecule has 0 spiro atoms. The summed E-state index contributed by atoms with van der Waals surface area (Å²) in [4.78, 5) is 30.4. The zero-order chi connectivity index (χ0) is 38.8. The topological polar surface area (TPSA) is 84.1 Å². The predicted molar refractivity (Wildman–Crippen MR) is 150 cm³/mol. The maximum Gasteiger partial charge on any atom is 0.399 e. The monoisotopic (exact) mass is 566 g/mol. The van der Waals surface area contributed by atoms with E-state index in [1.165, 1.54) is 0 Å². The molecule has 0 unspecified atom stereocenters. The van der Waals surface area contributed by atoms with E-state index in [0.717, 1.165) is 50.2 Å². The minimum Gasteiger partial charge on any atom is -0.369 e. The standard InChI is InChI=1S/C28H33F3N8O/c1-18(2)38-25(40)21-17-32-26(33-19-9-11-20(12-10-19)37-15-13-36(5)14-16-37)35-24(21)39(38)23-8-6-7-22(34-23)27(3,4)28(29,30)31/h6-12,17-18H,13-16H2,1-5H3,(H,32,33,35)/i1D3,2D3,3D3,4D3. The maximum atomic E-state index is 14.8. The highest BCUT2D eigenvalue weighted by molar-refractivity contribution is 5.77. The number of nitrogens with zero attached hydrogens (tertiary/aromatic N) is 7. The molecule has 0 radical (unpaired) electrons. The van der Waals surface area contributed by atoms with Crippen LogP contribution < -0.4 is 15.8 Å². The van der Waals surface area contributed by atoms with Crippen LogP contribution in [-0.2, 0) is 5.41 Å². The number of aromatic nitrogens is 5. The van der Waals surface area contributed by atoms with E-state index < -0.39 is 73.1 Å². The molecule has 9 nitrogen and oxygen atoms in total. The van der Waals surface area contributed by atoms with Gasteiger partial charge in [0.05, 0.1) is 5.69 Å². The molecule has 1 aliphatic heterocycles. The van der Waals surface area contributed by atoms with Crippen LogP contribution in [0.5, 0.6) is 0 Å². The SMILES string of the molecule is [2H]C([2H])([2H])C(n1c(=O)c2cnc(Nc3ccc(N4CCN(C)CC4)cc3)nc2n1-c1cccc(C(C([2H])([2H])[2H])(C([2H])([2H])[2H])C(F)(F)F)n1)C([2H])([2H])[2H]. The zero-order valence-corrected chi connectivity index (χ0v) is 21.2. The van der Waals surface area contributed by atoms with Gasteiger partial charge >= 0.3 is 6.18 Å². The molecule has 0 aliphatic carbocycles. The van der Waals surface area contributed by atoms with E-state index in [1.54, 1.807) is 12.1 Å². The minimum atomic E-state index is -5.95. The Balaban J connectivity index is 1.73. The summed E-state index contributed by atoms with van der Waals surface area (Å²) in [5, 5.41) is 2.44. The second-order valence-corrected chi connectivity index (χ2v) is 9.39. The summed E-state index contributed by atoms with van der Waals surface area (Å²) in [6, 6.07) is 6.72. The Morgan fingerprint density at radius 1 is 1.00 bits per heavy atom. The summed E-state index contributed by atoms with van der Waals surface area (Å²) in [6.07, 6.45) is -5.00. The molecule has 1 fully saturated rings. The molecule has 0 saturated carbocycles. The zero-order valence-electron chi connectivity index (χ0n) is 33.2. The molecule has 212 valence electrons. The number of piperazine rings is 1. The van der Waals surface area contributed by atoms with Gasteiger partial charge < -0.3 is 15.1 Å². The number of anilines is 3. The Hall–Kier alpha value is -3.93. The molecule has 1 N–H and O–H groups in total. The summed E-state index contributed by atoms with van der Waals surface area (Å²) in [7, 11) is 2.03. The lowest BCUT2D eigenvalue weighted by atomic mass is 9.88. The second kappa shape index (κ2) is 10.2. The fourth-order valence-electron chi connectivity index (χ4n) is 4.36. The van der Waals surface area contributed by atoms with E-state index in [2.05, 4.69) is 30.1 Å². The molecule has 3 aromatic heterocycles. The summed E-state index contributed by atoms with van der Waals surface area (Å²) >= 11 is 0. The van der Waals surface area contributed by atoms with Gasteiger partial charge in [-0.25, -0.2) is 19.3 Å². The van der Waals surface area contributed by atoms with Crippen molar-refractivity contribution in [2.75, 3.05) is 43.4 Å². The number of nitrogens with one attached hydrogen (secondary N) is 1. The maximum absolute atomic E-state index is 14.8. The van der Waals surface area contributed by atoms with Gasteiger partial charge in [0.1, 0.15) is 10.8 Å². The van der Waals surface area contributed by atoms with E-state index in [-0.39, 0.29) is 10.6 Å². The number of likely N-dealkylation sites (N-methyl/N-ethyl adjacent to an activating group) is 1. The van der Waals surface area contributed by atoms with Crippen molar-refractivity contribution in [1.29, 1.82) is 0 Å². The molecule has 4 heterocycles. The molecule has 1 aliphatic rings. The van der Waals surface area contributed by atoms with Crippen LogP contribution in [0.1, 0.15) is 55.6 Å². The van der Waals surface area contributed by atoms with E-state index in [4.69, 9.17) is 16.4 Å². The summed E-state index contributed by atoms with van der Waals surface area (Å²) in [5.41, 5.74) is -6.50. The molecule has 0 bridgehead atoms. The third kappa shape index (κ3) is 5.03. The average Bonchev–Trinajstić information content (AvgIpc) is 3.25. The molecule has 1 saturated heterocycles. The third-order valence-electron chi connectivity index (χ3n) is 6.62. The van der Waals surface area contributed by atoms with Gasteiger partial charge in [0.2, 0.25) is 5.95 Å². The lowest BCUT2D eigenvalue weighted by molar-refractivity contribution is -0.181. The molecular formula is C28H33F3N8O. The third-order valence-corrected chi connectivity index (χ3v) is 6.62. The van der Waals surface area contributed by atoms with Gasteiger partial charge in [-0.3, -0.25) is 4.79 Å². The fraction of sp³-hybridized carbons (Fsp3) is 0.429. The number of hydrogen-bond acceptors (Lipinski definition) is 7. The lowest BCUT2D eigenvalue weighted by Gasteiger charge is -2.34. The van der Waals surface area contributed by atoms with Crippen LogP contribution in [0.4, 0.5) is 30.5 Å². The lowest BCUT2D eigenvalue weighted by Crippen LogP contribution is -2.44. The van der Waals surface area contributed by atoms with Crippen molar-refractivity contribution >= 4 is 28.4 Å². The van der Waals surface area contributed by atoms with Crippen LogP contribution in [0.2, 0.25) is 0 Å². The largest absolute Gasteiger partial charge is 0.399 e. The first-order valence-electron chi connectivity index (χ1n) is 18.1. The summed E-state index contributed by atoms with van der Waals surface area (Å²) in [6.45, 7) is -12.0. The van der Waals surface area contributed by atoms with Gasteiger partial charge in [-0.15, -0.1) is 0 Å². The molecule has 4 aromatic rings. The van der Waals surface area contributed by atoms with Crippen LogP contribution in [-0.4, -0.2) is 68.6 Å². The molecule has 0 amide bonds. The first-order chi connectivity index (χ1) is 23.8. The van der Waals surface area contributed by atoms with Crippen LogP contribution in [0.25, 0.3) is 16.9 Å². The van der Waals surface area contributed by atoms with Gasteiger partial charge in [-0.2, -0.15) is 18.2 Å². The highest BCUT2D eigenvalue weighted by Gasteiger charge is 2.49. The van der Waals surface area contributed by atoms with Crippen molar-refractivity contribution < 1.29 is 29.6 Å². The van der Waals surface area contributed by atoms with E-state index in [9.17, 15) is 18.0 Å². The molecule has 0 atom stereocenters. The Labute approximate surface area is 247 Å². The summed E-state index contributed by atoms with van der Waals surface area (Å²) < 4.78 is 140. The minimum absolute atomic E-state index is 0.212. The Morgan fingerprint density at radius 2 is 1.73 bits per heavy atom. The van der Waals surface area contributed by atoms with Gasteiger partial charge in [-0.05, 0) is 70.9 Å². The van der Waals surface area contributed by atoms with E-state index in [0.29, 0.717) is 16.4 Å². The number of benzene rings is 1. The Morgan fingerprint density at radius 3 is 2.38 bits per heavy atom. The smallest absolute Gasteiger partial charge is 0.369 e. The number of hydrogen-bond donors (Lipinski definition) is 1. The predicted octanol–water partition coefficient (Wildman–Crippen LogP) is 4.89. The Bertz CT molecular complexity index is 1930. The van der Waals surface area contributed by atoms with Gasteiger partial charge in [0.25, 0.3) is 5.56 Å². The first-order valence-corrected chi connectivity index (χ1v) is 12.1. The van der Waals surface area contributed by atoms with Crippen molar-refractivity contribution in [2.45, 2.75) is 45.0 Å². The van der Waals surface area contributed by atoms with E-state index in [1.807, 2.05) is 19.2 Å². The molecule has 5 rings (SSSR count). The van der Waals surface area contributed by atoms with Crippen molar-refractivity contribution in [1.82, 2.24) is 29.2 Å². The van der Waals surface area contributed by atoms with Crippen LogP contribution in [0.15, 0.2) is 53.5 Å². The highest BCUT2D eigenvalue weighted by atomic mass is 19.4. The highest BCUT2D eigenvalue weighted by Crippen LogP contribution is 2.39. The number of fused-ring (bicyclic) bond motifs is 1. The van der Waals surface area contributed by atoms with Crippen molar-refractivity contribution in [3.05, 3.63) is 64.7 Å². The van der Waals surface area contributed by atoms with Crippen molar-refractivity contribution in [3.63, 3.8) is 0 Å². The van der Waals surface area contributed by atoms with Crippen LogP contribution in [0, 0.1) is 0 Å². The van der Waals surface area contributed by atoms with Crippen molar-refractivity contribution in [2.24, 2.45) is 0 Å². The number of halogens is 3. The molecular weight excluding hydrogens is 521 g/mol. The average molecular weight is 567 g/mol. The van der Waals surface area contributed by atoms with Gasteiger partial charge in [0.15, 0.2) is 11.5 Å². The van der Waals surface area contributed by atoms with Crippen molar-refractivity contribution in [3.8, 4) is 5.82 Å².